The molecule has 2 aromatic rings. The molecule has 0 saturated carbocycles. The van der Waals surface area contributed by atoms with Gasteiger partial charge in [-0.15, -0.1) is 0 Å². The van der Waals surface area contributed by atoms with Crippen LogP contribution in [0.25, 0.3) is 0 Å². The number of piperazine rings is 1. The van der Waals surface area contributed by atoms with Crippen LogP contribution in [-0.4, -0.2) is 80.7 Å². The molecule has 2 aliphatic heterocycles. The third kappa shape index (κ3) is 5.42. The summed E-state index contributed by atoms with van der Waals surface area (Å²) in [4.78, 5) is 29.4. The second-order valence-corrected chi connectivity index (χ2v) is 10.6. The number of amides is 2. The van der Waals surface area contributed by atoms with Gasteiger partial charge in [0.15, 0.2) is 0 Å². The molecular formula is C25H31N3O5S. The van der Waals surface area contributed by atoms with Gasteiger partial charge in [0, 0.05) is 44.8 Å². The van der Waals surface area contributed by atoms with Crippen molar-refractivity contribution in [3.8, 4) is 5.75 Å². The van der Waals surface area contributed by atoms with E-state index in [2.05, 4.69) is 0 Å². The molecule has 0 spiro atoms. The van der Waals surface area contributed by atoms with E-state index < -0.39 is 10.0 Å². The first-order chi connectivity index (χ1) is 16.4. The topological polar surface area (TPSA) is 87.2 Å². The predicted molar refractivity (Wildman–Crippen MR) is 128 cm³/mol. The molecule has 0 aromatic heterocycles. The monoisotopic (exact) mass is 485 g/mol. The first kappa shape index (κ1) is 24.2. The highest BCUT2D eigenvalue weighted by atomic mass is 32.2. The Morgan fingerprint density at radius 2 is 1.50 bits per heavy atom. The lowest BCUT2D eigenvalue weighted by Crippen LogP contribution is -2.51. The van der Waals surface area contributed by atoms with Gasteiger partial charge < -0.3 is 14.5 Å². The summed E-state index contributed by atoms with van der Waals surface area (Å²) in [6.45, 7) is 3.00. The van der Waals surface area contributed by atoms with Crippen LogP contribution in [0.5, 0.6) is 5.75 Å². The molecule has 182 valence electrons. The van der Waals surface area contributed by atoms with Gasteiger partial charge >= 0.3 is 0 Å². The van der Waals surface area contributed by atoms with Gasteiger partial charge in [0.1, 0.15) is 5.75 Å². The van der Waals surface area contributed by atoms with E-state index in [0.29, 0.717) is 50.6 Å². The molecular weight excluding hydrogens is 454 g/mol. The number of carbonyl (C=O) groups excluding carboxylic acids is 2. The number of hydrogen-bond acceptors (Lipinski definition) is 5. The third-order valence-electron chi connectivity index (χ3n) is 6.47. The Morgan fingerprint density at radius 1 is 0.853 bits per heavy atom. The van der Waals surface area contributed by atoms with Crippen LogP contribution in [0.1, 0.15) is 35.2 Å². The van der Waals surface area contributed by atoms with Crippen LogP contribution < -0.4 is 4.74 Å². The molecule has 2 heterocycles. The van der Waals surface area contributed by atoms with Crippen LogP contribution in [0.3, 0.4) is 0 Å². The van der Waals surface area contributed by atoms with Gasteiger partial charge in [0.2, 0.25) is 15.9 Å². The quantitative estimate of drug-likeness (QED) is 0.627. The molecule has 9 heteroatoms. The van der Waals surface area contributed by atoms with Crippen molar-refractivity contribution in [3.05, 3.63) is 59.7 Å². The molecule has 0 unspecified atom stereocenters. The van der Waals surface area contributed by atoms with E-state index in [1.807, 2.05) is 0 Å². The van der Waals surface area contributed by atoms with E-state index in [1.54, 1.807) is 69.7 Å². The first-order valence-electron chi connectivity index (χ1n) is 11.7. The van der Waals surface area contributed by atoms with Gasteiger partial charge in [-0.3, -0.25) is 9.59 Å². The summed E-state index contributed by atoms with van der Waals surface area (Å²) in [7, 11) is -1.91. The van der Waals surface area contributed by atoms with E-state index in [9.17, 15) is 18.0 Å². The molecule has 0 aliphatic carbocycles. The highest BCUT2D eigenvalue weighted by Gasteiger charge is 2.27. The van der Waals surface area contributed by atoms with E-state index in [0.717, 1.165) is 24.8 Å². The molecule has 0 radical (unpaired) electrons. The average molecular weight is 486 g/mol. The van der Waals surface area contributed by atoms with Crippen LogP contribution in [0, 0.1) is 0 Å². The lowest BCUT2D eigenvalue weighted by atomic mass is 10.1. The molecule has 2 aliphatic rings. The summed E-state index contributed by atoms with van der Waals surface area (Å²) in [5.74, 6) is 0.533. The van der Waals surface area contributed by atoms with Gasteiger partial charge in [-0.05, 0) is 48.7 Å². The smallest absolute Gasteiger partial charge is 0.254 e. The Labute approximate surface area is 201 Å². The van der Waals surface area contributed by atoms with Gasteiger partial charge in [-0.1, -0.05) is 24.6 Å². The number of sulfonamides is 1. The Kier molecular flexibility index (Phi) is 7.53. The molecule has 2 fully saturated rings. The minimum atomic E-state index is -3.48. The maximum atomic E-state index is 12.8. The van der Waals surface area contributed by atoms with Gasteiger partial charge in [0.05, 0.1) is 18.4 Å². The van der Waals surface area contributed by atoms with Crippen molar-refractivity contribution in [2.75, 3.05) is 46.4 Å². The van der Waals surface area contributed by atoms with E-state index in [-0.39, 0.29) is 23.1 Å². The summed E-state index contributed by atoms with van der Waals surface area (Å²) in [5, 5.41) is 0. The average Bonchev–Trinajstić information content (AvgIpc) is 2.89. The summed E-state index contributed by atoms with van der Waals surface area (Å²) in [6.07, 6.45) is 3.05. The van der Waals surface area contributed by atoms with Crippen molar-refractivity contribution in [1.82, 2.24) is 14.1 Å². The highest BCUT2D eigenvalue weighted by Crippen LogP contribution is 2.21. The van der Waals surface area contributed by atoms with Crippen molar-refractivity contribution < 1.29 is 22.7 Å². The van der Waals surface area contributed by atoms with Crippen molar-refractivity contribution in [2.24, 2.45) is 0 Å². The fourth-order valence-electron chi connectivity index (χ4n) is 4.42. The van der Waals surface area contributed by atoms with E-state index >= 15 is 0 Å². The number of nitrogens with zero attached hydrogens (tertiary/aromatic N) is 3. The van der Waals surface area contributed by atoms with E-state index in [1.165, 1.54) is 0 Å². The molecule has 0 atom stereocenters. The SMILES string of the molecule is COc1cccc(C(=O)N2CCN(C(=O)Cc3ccc(S(=O)(=O)N4CCCCC4)cc3)CC2)c1. The summed E-state index contributed by atoms with van der Waals surface area (Å²) >= 11 is 0. The zero-order valence-corrected chi connectivity index (χ0v) is 20.3. The number of benzene rings is 2. The molecule has 8 nitrogen and oxygen atoms in total. The Balaban J connectivity index is 1.31. The lowest BCUT2D eigenvalue weighted by Gasteiger charge is -2.35. The van der Waals surface area contributed by atoms with Crippen LogP contribution in [-0.2, 0) is 21.2 Å². The summed E-state index contributed by atoms with van der Waals surface area (Å²) in [5.41, 5.74) is 1.34. The van der Waals surface area contributed by atoms with Crippen LogP contribution in [0.15, 0.2) is 53.4 Å². The maximum absolute atomic E-state index is 12.8. The number of ether oxygens (including phenoxy) is 1. The number of carbonyl (C=O) groups is 2. The molecule has 2 amide bonds. The number of hydrogen-bond donors (Lipinski definition) is 0. The van der Waals surface area contributed by atoms with Crippen molar-refractivity contribution in [1.29, 1.82) is 0 Å². The zero-order valence-electron chi connectivity index (χ0n) is 19.5. The Bertz CT molecular complexity index is 1120. The third-order valence-corrected chi connectivity index (χ3v) is 8.38. The first-order valence-corrected chi connectivity index (χ1v) is 13.1. The summed E-state index contributed by atoms with van der Waals surface area (Å²) < 4.78 is 32.3. The molecule has 34 heavy (non-hydrogen) atoms. The zero-order chi connectivity index (χ0) is 24.1. The van der Waals surface area contributed by atoms with Gasteiger partial charge in [-0.2, -0.15) is 4.31 Å². The van der Waals surface area contributed by atoms with E-state index in [4.69, 9.17) is 4.74 Å². The summed E-state index contributed by atoms with van der Waals surface area (Å²) in [6, 6.07) is 13.7. The molecule has 2 saturated heterocycles. The van der Waals surface area contributed by atoms with Crippen molar-refractivity contribution in [3.63, 3.8) is 0 Å². The predicted octanol–water partition coefficient (Wildman–Crippen LogP) is 2.40. The highest BCUT2D eigenvalue weighted by molar-refractivity contribution is 7.89. The second kappa shape index (κ2) is 10.6. The Hall–Kier alpha value is -2.91. The fraction of sp³-hybridized carbons (Fsp3) is 0.440. The van der Waals surface area contributed by atoms with Gasteiger partial charge in [-0.25, -0.2) is 8.42 Å². The minimum absolute atomic E-state index is 0.0277. The number of rotatable bonds is 6. The lowest BCUT2D eigenvalue weighted by molar-refractivity contribution is -0.131. The van der Waals surface area contributed by atoms with Crippen LogP contribution >= 0.6 is 0 Å². The van der Waals surface area contributed by atoms with Crippen molar-refractivity contribution in [2.45, 2.75) is 30.6 Å². The number of piperidine rings is 1. The molecule has 0 bridgehead atoms. The minimum Gasteiger partial charge on any atom is -0.497 e. The largest absolute Gasteiger partial charge is 0.497 e. The fourth-order valence-corrected chi connectivity index (χ4v) is 5.93. The van der Waals surface area contributed by atoms with Crippen LogP contribution in [0.4, 0.5) is 0 Å². The van der Waals surface area contributed by atoms with Crippen LogP contribution in [0.2, 0.25) is 0 Å². The van der Waals surface area contributed by atoms with Crippen molar-refractivity contribution >= 4 is 21.8 Å². The normalized spacial score (nSPS) is 17.4. The molecule has 4 rings (SSSR count). The Morgan fingerprint density at radius 3 is 2.15 bits per heavy atom. The molecule has 2 aromatic carbocycles. The maximum Gasteiger partial charge on any atom is 0.254 e. The second-order valence-electron chi connectivity index (χ2n) is 8.69. The standard InChI is InChI=1S/C25H31N3O5S/c1-33-22-7-5-6-21(19-22)25(30)27-16-14-26(15-17-27)24(29)18-20-8-10-23(11-9-20)34(31,32)28-12-3-2-4-13-28/h5-11,19H,2-4,12-18H2,1H3. The molecule has 0 N–H and O–H groups in total. The number of methoxy groups -OCH3 is 1. The van der Waals surface area contributed by atoms with Gasteiger partial charge in [0.25, 0.3) is 5.91 Å².